The first-order chi connectivity index (χ1) is 12.0. The molecule has 1 N–H and O–H groups in total. The van der Waals surface area contributed by atoms with E-state index in [0.717, 1.165) is 0 Å². The van der Waals surface area contributed by atoms with Crippen LogP contribution in [0.3, 0.4) is 0 Å². The van der Waals surface area contributed by atoms with Crippen molar-refractivity contribution in [1.29, 1.82) is 0 Å². The smallest absolute Gasteiger partial charge is 0.264 e. The van der Waals surface area contributed by atoms with Crippen LogP contribution in [0.5, 0.6) is 0 Å². The number of nitrogens with one attached hydrogen (secondary N) is 1. The van der Waals surface area contributed by atoms with Gasteiger partial charge >= 0.3 is 0 Å². The molecule has 0 fully saturated rings. The molecule has 0 bridgehead atoms. The minimum atomic E-state index is -0.600. The summed E-state index contributed by atoms with van der Waals surface area (Å²) < 4.78 is 15.3. The first-order valence-electron chi connectivity index (χ1n) is 7.16. The summed E-state index contributed by atoms with van der Waals surface area (Å²) in [6.07, 6.45) is 1.35. The van der Waals surface area contributed by atoms with Crippen LogP contribution >= 0.6 is 11.3 Å². The maximum atomic E-state index is 13.9. The Balaban J connectivity index is 1.68. The molecule has 0 aliphatic heterocycles. The van der Waals surface area contributed by atoms with Gasteiger partial charge in [-0.05, 0) is 40.1 Å². The number of aromatic nitrogens is 4. The first kappa shape index (κ1) is 16.7. The molecule has 0 saturated carbocycles. The van der Waals surface area contributed by atoms with E-state index in [-0.39, 0.29) is 18.1 Å². The highest BCUT2D eigenvalue weighted by atomic mass is 32.1. The van der Waals surface area contributed by atoms with Gasteiger partial charge < -0.3 is 10.2 Å². The Labute approximate surface area is 145 Å². The fourth-order valence-corrected chi connectivity index (χ4v) is 2.81. The maximum absolute atomic E-state index is 13.9. The third kappa shape index (κ3) is 3.86. The number of hydrogen-bond acceptors (Lipinski definition) is 6. The second-order valence-electron chi connectivity index (χ2n) is 5.11. The molecule has 10 heteroatoms. The Morgan fingerprint density at radius 3 is 2.88 bits per heavy atom. The van der Waals surface area contributed by atoms with Crippen molar-refractivity contribution in [3.63, 3.8) is 0 Å². The second-order valence-corrected chi connectivity index (χ2v) is 6.05. The highest BCUT2D eigenvalue weighted by Gasteiger charge is 2.17. The van der Waals surface area contributed by atoms with Crippen LogP contribution in [0, 0.1) is 5.82 Å². The van der Waals surface area contributed by atoms with Crippen LogP contribution in [0.25, 0.3) is 5.69 Å². The predicted molar refractivity (Wildman–Crippen MR) is 89.0 cm³/mol. The Morgan fingerprint density at radius 2 is 2.20 bits per heavy atom. The number of thiophene rings is 1. The molecular weight excluding hydrogens is 347 g/mol. The fraction of sp³-hybridized carbons (Fsp3) is 0.133. The molecule has 1 aromatic carbocycles. The van der Waals surface area contributed by atoms with Crippen molar-refractivity contribution in [1.82, 2.24) is 25.1 Å². The van der Waals surface area contributed by atoms with Crippen molar-refractivity contribution >= 4 is 28.8 Å². The van der Waals surface area contributed by atoms with Gasteiger partial charge in [0.1, 0.15) is 12.1 Å². The molecular formula is C15H13FN6O2S. The van der Waals surface area contributed by atoms with E-state index in [0.29, 0.717) is 10.6 Å². The third-order valence-electron chi connectivity index (χ3n) is 3.30. The van der Waals surface area contributed by atoms with E-state index in [4.69, 9.17) is 0 Å². The second kappa shape index (κ2) is 7.18. The van der Waals surface area contributed by atoms with Crippen LogP contribution in [-0.2, 0) is 4.79 Å². The highest BCUT2D eigenvalue weighted by Crippen LogP contribution is 2.18. The molecule has 0 aliphatic rings. The lowest BCUT2D eigenvalue weighted by atomic mass is 10.2. The summed E-state index contributed by atoms with van der Waals surface area (Å²) in [4.78, 5) is 26.1. The normalized spacial score (nSPS) is 10.5. The topological polar surface area (TPSA) is 93.0 Å². The minimum absolute atomic E-state index is 0.0185. The van der Waals surface area contributed by atoms with Crippen LogP contribution < -0.4 is 5.32 Å². The number of amides is 2. The molecule has 2 heterocycles. The molecule has 2 amide bonds. The zero-order chi connectivity index (χ0) is 17.8. The van der Waals surface area contributed by atoms with Gasteiger partial charge in [-0.15, -0.1) is 16.4 Å². The van der Waals surface area contributed by atoms with Crippen LogP contribution in [0.2, 0.25) is 0 Å². The van der Waals surface area contributed by atoms with Gasteiger partial charge in [-0.25, -0.2) is 9.07 Å². The van der Waals surface area contributed by atoms with Gasteiger partial charge in [-0.3, -0.25) is 9.59 Å². The number of carbonyl (C=O) groups is 2. The van der Waals surface area contributed by atoms with E-state index in [1.54, 1.807) is 17.5 Å². The van der Waals surface area contributed by atoms with Crippen LogP contribution in [0.1, 0.15) is 9.67 Å². The lowest BCUT2D eigenvalue weighted by Gasteiger charge is -2.16. The van der Waals surface area contributed by atoms with Crippen LogP contribution in [0.15, 0.2) is 42.0 Å². The first-order valence-corrected chi connectivity index (χ1v) is 8.04. The average molecular weight is 360 g/mol. The number of tetrazole rings is 1. The molecule has 25 heavy (non-hydrogen) atoms. The van der Waals surface area contributed by atoms with Crippen molar-refractivity contribution in [3.05, 3.63) is 52.7 Å². The number of anilines is 1. The number of halogens is 1. The molecule has 3 rings (SSSR count). The van der Waals surface area contributed by atoms with Gasteiger partial charge in [0.25, 0.3) is 5.91 Å². The van der Waals surface area contributed by atoms with E-state index in [9.17, 15) is 14.0 Å². The van der Waals surface area contributed by atoms with Gasteiger partial charge in [-0.2, -0.15) is 0 Å². The van der Waals surface area contributed by atoms with Gasteiger partial charge in [0.15, 0.2) is 0 Å². The van der Waals surface area contributed by atoms with Crippen molar-refractivity contribution in [2.75, 3.05) is 18.9 Å². The molecule has 3 aromatic rings. The lowest BCUT2D eigenvalue weighted by Crippen LogP contribution is -2.34. The quantitative estimate of drug-likeness (QED) is 0.746. The Hall–Kier alpha value is -3.14. The molecule has 0 spiro atoms. The Morgan fingerprint density at radius 1 is 1.36 bits per heavy atom. The summed E-state index contributed by atoms with van der Waals surface area (Å²) in [7, 11) is 1.51. The molecule has 0 saturated heterocycles. The van der Waals surface area contributed by atoms with Crippen molar-refractivity contribution in [2.45, 2.75) is 0 Å². The zero-order valence-electron chi connectivity index (χ0n) is 13.1. The molecule has 2 aromatic heterocycles. The highest BCUT2D eigenvalue weighted by molar-refractivity contribution is 7.12. The van der Waals surface area contributed by atoms with E-state index >= 15 is 0 Å². The molecule has 0 unspecified atom stereocenters. The average Bonchev–Trinajstić information content (AvgIpc) is 3.29. The van der Waals surface area contributed by atoms with E-state index < -0.39 is 11.7 Å². The van der Waals surface area contributed by atoms with Gasteiger partial charge in [0.05, 0.1) is 22.8 Å². The van der Waals surface area contributed by atoms with Gasteiger partial charge in [-0.1, -0.05) is 6.07 Å². The summed E-state index contributed by atoms with van der Waals surface area (Å²) in [6.45, 7) is -0.203. The minimum Gasteiger partial charge on any atom is -0.332 e. The van der Waals surface area contributed by atoms with Crippen LogP contribution in [0.4, 0.5) is 10.1 Å². The summed E-state index contributed by atoms with van der Waals surface area (Å²) in [6, 6.07) is 7.52. The number of carbonyl (C=O) groups excluding carboxylic acids is 2. The molecule has 128 valence electrons. The molecule has 8 nitrogen and oxygen atoms in total. The number of nitrogens with zero attached hydrogens (tertiary/aromatic N) is 5. The molecule has 0 aliphatic carbocycles. The number of hydrogen-bond donors (Lipinski definition) is 1. The largest absolute Gasteiger partial charge is 0.332 e. The molecule has 0 atom stereocenters. The van der Waals surface area contributed by atoms with Crippen LogP contribution in [-0.4, -0.2) is 50.5 Å². The van der Waals surface area contributed by atoms with Crippen molar-refractivity contribution in [3.8, 4) is 5.69 Å². The molecule has 0 radical (unpaired) electrons. The van der Waals surface area contributed by atoms with E-state index in [1.807, 2.05) is 0 Å². The fourth-order valence-electron chi connectivity index (χ4n) is 2.10. The SMILES string of the molecule is CN(CC(=O)Nc1cc(-n2cnnn2)ccc1F)C(=O)c1cccs1. The Bertz CT molecular complexity index is 882. The Kier molecular flexibility index (Phi) is 4.80. The van der Waals surface area contributed by atoms with Gasteiger partial charge in [0, 0.05) is 7.05 Å². The monoisotopic (exact) mass is 360 g/mol. The van der Waals surface area contributed by atoms with E-state index in [1.165, 1.54) is 52.5 Å². The van der Waals surface area contributed by atoms with E-state index in [2.05, 4.69) is 20.8 Å². The standard InChI is InChI=1S/C15H13FN6O2S/c1-21(15(24)13-3-2-6-25-13)8-14(23)18-12-7-10(4-5-11(12)16)22-9-17-19-20-22/h2-7,9H,8H2,1H3,(H,18,23). The number of benzene rings is 1. The summed E-state index contributed by atoms with van der Waals surface area (Å²) in [5.41, 5.74) is 0.472. The lowest BCUT2D eigenvalue weighted by molar-refractivity contribution is -0.116. The third-order valence-corrected chi connectivity index (χ3v) is 4.15. The summed E-state index contributed by atoms with van der Waals surface area (Å²) in [5.74, 6) is -1.38. The van der Waals surface area contributed by atoms with Crippen molar-refractivity contribution in [2.24, 2.45) is 0 Å². The maximum Gasteiger partial charge on any atom is 0.264 e. The predicted octanol–water partition coefficient (Wildman–Crippen LogP) is 1.57. The number of rotatable bonds is 5. The van der Waals surface area contributed by atoms with Gasteiger partial charge in [0.2, 0.25) is 5.91 Å². The summed E-state index contributed by atoms with van der Waals surface area (Å²) in [5, 5.41) is 14.9. The summed E-state index contributed by atoms with van der Waals surface area (Å²) >= 11 is 1.29. The zero-order valence-corrected chi connectivity index (χ0v) is 13.9. The van der Waals surface area contributed by atoms with Crippen molar-refractivity contribution < 1.29 is 14.0 Å². The number of likely N-dealkylation sites (N-methyl/N-ethyl adjacent to an activating group) is 1.